The lowest BCUT2D eigenvalue weighted by molar-refractivity contribution is 0.0696. The summed E-state index contributed by atoms with van der Waals surface area (Å²) in [5.41, 5.74) is -0.0822. The number of rotatable bonds is 5. The molecule has 6 nitrogen and oxygen atoms in total. The highest BCUT2D eigenvalue weighted by molar-refractivity contribution is 7.89. The van der Waals surface area contributed by atoms with Crippen LogP contribution in [0.1, 0.15) is 34.1 Å². The molecule has 0 spiro atoms. The predicted octanol–water partition coefficient (Wildman–Crippen LogP) is 2.98. The summed E-state index contributed by atoms with van der Waals surface area (Å²) in [6, 6.07) is 7.49. The molecule has 1 saturated heterocycles. The summed E-state index contributed by atoms with van der Waals surface area (Å²) < 4.78 is 32.9. The number of benzene rings is 1. The summed E-state index contributed by atoms with van der Waals surface area (Å²) >= 11 is 1.52. The molecular weight excluding hydrogens is 350 g/mol. The van der Waals surface area contributed by atoms with E-state index < -0.39 is 16.0 Å². The molecule has 0 aliphatic carbocycles. The van der Waals surface area contributed by atoms with Crippen molar-refractivity contribution in [2.45, 2.75) is 23.8 Å². The van der Waals surface area contributed by atoms with E-state index in [4.69, 9.17) is 9.84 Å². The number of carbonyl (C=O) groups is 1. The number of thiophene rings is 1. The lowest BCUT2D eigenvalue weighted by Gasteiger charge is -2.24. The van der Waals surface area contributed by atoms with E-state index in [1.54, 1.807) is 0 Å². The first kappa shape index (κ1) is 16.9. The summed E-state index contributed by atoms with van der Waals surface area (Å²) in [5.74, 6) is -1.03. The Morgan fingerprint density at radius 3 is 2.79 bits per heavy atom. The van der Waals surface area contributed by atoms with Gasteiger partial charge in [0.15, 0.2) is 0 Å². The maximum atomic E-state index is 13.2. The number of carboxylic acids is 1. The second-order valence-electron chi connectivity index (χ2n) is 5.46. The lowest BCUT2D eigenvalue weighted by Crippen LogP contribution is -2.30. The van der Waals surface area contributed by atoms with Gasteiger partial charge in [-0.2, -0.15) is 4.31 Å². The number of carboxylic acid groups (broad SMARTS) is 1. The summed E-state index contributed by atoms with van der Waals surface area (Å²) in [5, 5.41) is 11.1. The number of ether oxygens (including phenoxy) is 1. The molecule has 1 unspecified atom stereocenters. The normalized spacial score (nSPS) is 18.6. The van der Waals surface area contributed by atoms with Crippen molar-refractivity contribution in [3.05, 3.63) is 46.2 Å². The average molecular weight is 367 g/mol. The van der Waals surface area contributed by atoms with Gasteiger partial charge in [-0.05, 0) is 42.5 Å². The van der Waals surface area contributed by atoms with Crippen LogP contribution >= 0.6 is 11.3 Å². The maximum Gasteiger partial charge on any atom is 0.335 e. The van der Waals surface area contributed by atoms with Gasteiger partial charge in [-0.25, -0.2) is 13.2 Å². The Balaban J connectivity index is 2.07. The van der Waals surface area contributed by atoms with E-state index in [0.717, 1.165) is 17.7 Å². The Bertz CT molecular complexity index is 845. The first-order chi connectivity index (χ1) is 11.4. The molecule has 0 amide bonds. The SMILES string of the molecule is COc1ccc(C(=O)O)cc1S(=O)(=O)N1CCCC1c1cccs1. The van der Waals surface area contributed by atoms with Crippen molar-refractivity contribution < 1.29 is 23.1 Å². The Morgan fingerprint density at radius 1 is 1.38 bits per heavy atom. The summed E-state index contributed by atoms with van der Waals surface area (Å²) in [7, 11) is -2.49. The zero-order chi connectivity index (χ0) is 17.3. The van der Waals surface area contributed by atoms with Gasteiger partial charge in [-0.15, -0.1) is 11.3 Å². The highest BCUT2D eigenvalue weighted by Crippen LogP contribution is 2.40. The van der Waals surface area contributed by atoms with Crippen LogP contribution in [0.5, 0.6) is 5.75 Å². The molecule has 1 aromatic heterocycles. The fraction of sp³-hybridized carbons (Fsp3) is 0.312. The van der Waals surface area contributed by atoms with E-state index in [1.807, 2.05) is 17.5 Å². The lowest BCUT2D eigenvalue weighted by atomic mass is 10.2. The van der Waals surface area contributed by atoms with Crippen LogP contribution in [-0.4, -0.2) is 37.5 Å². The molecule has 2 aromatic rings. The molecule has 0 radical (unpaired) electrons. The molecule has 1 N–H and O–H groups in total. The highest BCUT2D eigenvalue weighted by Gasteiger charge is 2.38. The Morgan fingerprint density at radius 2 is 2.17 bits per heavy atom. The van der Waals surface area contributed by atoms with Crippen LogP contribution in [0.25, 0.3) is 0 Å². The van der Waals surface area contributed by atoms with Crippen LogP contribution in [0.15, 0.2) is 40.6 Å². The van der Waals surface area contributed by atoms with Crippen LogP contribution < -0.4 is 4.74 Å². The minimum atomic E-state index is -3.86. The van der Waals surface area contributed by atoms with Crippen molar-refractivity contribution in [2.24, 2.45) is 0 Å². The topological polar surface area (TPSA) is 83.9 Å². The second kappa shape index (κ2) is 6.54. The Labute approximate surface area is 144 Å². The van der Waals surface area contributed by atoms with Gasteiger partial charge in [0.2, 0.25) is 10.0 Å². The number of sulfonamides is 1. The van der Waals surface area contributed by atoms with E-state index in [2.05, 4.69) is 0 Å². The molecule has 0 bridgehead atoms. The molecule has 1 aliphatic rings. The van der Waals surface area contributed by atoms with Gasteiger partial charge in [0.25, 0.3) is 0 Å². The van der Waals surface area contributed by atoms with Gasteiger partial charge in [0.1, 0.15) is 10.6 Å². The van der Waals surface area contributed by atoms with Gasteiger partial charge in [-0.3, -0.25) is 0 Å². The van der Waals surface area contributed by atoms with Gasteiger partial charge < -0.3 is 9.84 Å². The minimum absolute atomic E-state index is 0.0822. The zero-order valence-corrected chi connectivity index (χ0v) is 14.6. The smallest absolute Gasteiger partial charge is 0.335 e. The minimum Gasteiger partial charge on any atom is -0.495 e. The Kier molecular flexibility index (Phi) is 4.62. The van der Waals surface area contributed by atoms with Crippen molar-refractivity contribution in [2.75, 3.05) is 13.7 Å². The van der Waals surface area contributed by atoms with Gasteiger partial charge in [-0.1, -0.05) is 6.07 Å². The molecule has 1 fully saturated rings. The van der Waals surface area contributed by atoms with Crippen LogP contribution in [0.4, 0.5) is 0 Å². The number of nitrogens with zero attached hydrogens (tertiary/aromatic N) is 1. The molecule has 3 rings (SSSR count). The largest absolute Gasteiger partial charge is 0.495 e. The number of aromatic carboxylic acids is 1. The van der Waals surface area contributed by atoms with Crippen molar-refractivity contribution in [3.63, 3.8) is 0 Å². The van der Waals surface area contributed by atoms with Crippen molar-refractivity contribution in [1.29, 1.82) is 0 Å². The fourth-order valence-corrected chi connectivity index (χ4v) is 5.73. The molecule has 0 saturated carbocycles. The van der Waals surface area contributed by atoms with Gasteiger partial charge >= 0.3 is 5.97 Å². The molecule has 1 atom stereocenters. The van der Waals surface area contributed by atoms with Crippen molar-refractivity contribution in [1.82, 2.24) is 4.31 Å². The van der Waals surface area contributed by atoms with E-state index >= 15 is 0 Å². The van der Waals surface area contributed by atoms with Crippen molar-refractivity contribution >= 4 is 27.3 Å². The number of hydrogen-bond donors (Lipinski definition) is 1. The molecular formula is C16H17NO5S2. The van der Waals surface area contributed by atoms with E-state index in [1.165, 1.54) is 41.0 Å². The number of methoxy groups -OCH3 is 1. The third-order valence-corrected chi connectivity index (χ3v) is 6.98. The summed E-state index contributed by atoms with van der Waals surface area (Å²) in [4.78, 5) is 12.1. The van der Waals surface area contributed by atoms with E-state index in [0.29, 0.717) is 6.54 Å². The van der Waals surface area contributed by atoms with Crippen molar-refractivity contribution in [3.8, 4) is 5.75 Å². The monoisotopic (exact) mass is 367 g/mol. The van der Waals surface area contributed by atoms with Gasteiger partial charge in [0.05, 0.1) is 18.7 Å². The second-order valence-corrected chi connectivity index (χ2v) is 8.30. The standard InChI is InChI=1S/C16H17NO5S2/c1-22-13-7-6-11(16(18)19)10-15(13)24(20,21)17-8-2-4-12(17)14-5-3-9-23-14/h3,5-7,9-10,12H,2,4,8H2,1H3,(H,18,19). The molecule has 8 heteroatoms. The zero-order valence-electron chi connectivity index (χ0n) is 13.0. The third kappa shape index (κ3) is 2.92. The maximum absolute atomic E-state index is 13.2. The predicted molar refractivity (Wildman–Crippen MR) is 90.1 cm³/mol. The molecule has 128 valence electrons. The summed E-state index contributed by atoms with van der Waals surface area (Å²) in [6.07, 6.45) is 1.52. The van der Waals surface area contributed by atoms with Crippen LogP contribution in [-0.2, 0) is 10.0 Å². The number of hydrogen-bond acceptors (Lipinski definition) is 5. The third-order valence-electron chi connectivity index (χ3n) is 4.07. The highest BCUT2D eigenvalue weighted by atomic mass is 32.2. The fourth-order valence-electron chi connectivity index (χ4n) is 2.93. The Hall–Kier alpha value is -1.90. The first-order valence-corrected chi connectivity index (χ1v) is 9.73. The first-order valence-electron chi connectivity index (χ1n) is 7.41. The van der Waals surface area contributed by atoms with Crippen LogP contribution in [0, 0.1) is 0 Å². The summed E-state index contributed by atoms with van der Waals surface area (Å²) in [6.45, 7) is 0.408. The molecule has 2 heterocycles. The van der Waals surface area contributed by atoms with Crippen LogP contribution in [0.3, 0.4) is 0 Å². The van der Waals surface area contributed by atoms with Gasteiger partial charge in [0, 0.05) is 11.4 Å². The van der Waals surface area contributed by atoms with Crippen LogP contribution in [0.2, 0.25) is 0 Å². The van der Waals surface area contributed by atoms with E-state index in [-0.39, 0.29) is 22.3 Å². The quantitative estimate of drug-likeness (QED) is 0.878. The average Bonchev–Trinajstić information content (AvgIpc) is 3.24. The van der Waals surface area contributed by atoms with E-state index in [9.17, 15) is 13.2 Å². The molecule has 24 heavy (non-hydrogen) atoms. The molecule has 1 aromatic carbocycles. The molecule has 1 aliphatic heterocycles.